The predicted molar refractivity (Wildman–Crippen MR) is 90.0 cm³/mol. The van der Waals surface area contributed by atoms with Gasteiger partial charge in [-0.15, -0.1) is 0 Å². The summed E-state index contributed by atoms with van der Waals surface area (Å²) < 4.78 is 4.89. The SMILES string of the molecule is COC(=O)C(C)C[C@H](c1ccccc1)c1ccc(C)c(C)c1. The summed E-state index contributed by atoms with van der Waals surface area (Å²) in [6, 6.07) is 16.9. The fourth-order valence-corrected chi connectivity index (χ4v) is 2.78. The summed E-state index contributed by atoms with van der Waals surface area (Å²) >= 11 is 0. The molecule has 2 aromatic carbocycles. The highest BCUT2D eigenvalue weighted by atomic mass is 16.5. The highest BCUT2D eigenvalue weighted by Crippen LogP contribution is 2.32. The van der Waals surface area contributed by atoms with Gasteiger partial charge in [-0.2, -0.15) is 0 Å². The molecule has 0 amide bonds. The predicted octanol–water partition coefficient (Wildman–Crippen LogP) is 4.63. The van der Waals surface area contributed by atoms with Crippen LogP contribution in [0.5, 0.6) is 0 Å². The summed E-state index contributed by atoms with van der Waals surface area (Å²) in [7, 11) is 1.45. The van der Waals surface area contributed by atoms with E-state index in [4.69, 9.17) is 4.74 Å². The van der Waals surface area contributed by atoms with E-state index in [0.717, 1.165) is 6.42 Å². The van der Waals surface area contributed by atoms with Crippen molar-refractivity contribution in [2.24, 2.45) is 5.92 Å². The maximum atomic E-state index is 11.8. The van der Waals surface area contributed by atoms with Gasteiger partial charge in [0.1, 0.15) is 0 Å². The fraction of sp³-hybridized carbons (Fsp3) is 0.350. The van der Waals surface area contributed by atoms with Crippen molar-refractivity contribution in [2.45, 2.75) is 33.1 Å². The lowest BCUT2D eigenvalue weighted by Crippen LogP contribution is -2.17. The lowest BCUT2D eigenvalue weighted by Gasteiger charge is -2.22. The number of aryl methyl sites for hydroxylation is 2. The van der Waals surface area contributed by atoms with Crippen molar-refractivity contribution in [3.8, 4) is 0 Å². The molecule has 0 N–H and O–H groups in total. The first-order valence-corrected chi connectivity index (χ1v) is 7.73. The molecule has 2 atom stereocenters. The van der Waals surface area contributed by atoms with Crippen LogP contribution in [0.3, 0.4) is 0 Å². The molecule has 0 aliphatic carbocycles. The Balaban J connectivity index is 2.37. The van der Waals surface area contributed by atoms with E-state index in [-0.39, 0.29) is 17.8 Å². The lowest BCUT2D eigenvalue weighted by molar-refractivity contribution is -0.145. The van der Waals surface area contributed by atoms with E-state index >= 15 is 0 Å². The van der Waals surface area contributed by atoms with E-state index in [0.29, 0.717) is 0 Å². The van der Waals surface area contributed by atoms with Gasteiger partial charge in [0, 0.05) is 5.92 Å². The first-order chi connectivity index (χ1) is 10.5. The molecule has 0 saturated heterocycles. The number of carbonyl (C=O) groups excluding carboxylic acids is 1. The van der Waals surface area contributed by atoms with Crippen LogP contribution in [-0.4, -0.2) is 13.1 Å². The Morgan fingerprint density at radius 3 is 2.27 bits per heavy atom. The molecule has 2 nitrogen and oxygen atoms in total. The molecule has 0 saturated carbocycles. The van der Waals surface area contributed by atoms with E-state index in [1.807, 2.05) is 25.1 Å². The third-order valence-corrected chi connectivity index (χ3v) is 4.33. The Morgan fingerprint density at radius 2 is 1.68 bits per heavy atom. The van der Waals surface area contributed by atoms with Crippen LogP contribution < -0.4 is 0 Å². The van der Waals surface area contributed by atoms with Gasteiger partial charge in [-0.25, -0.2) is 0 Å². The van der Waals surface area contributed by atoms with Gasteiger partial charge in [-0.3, -0.25) is 4.79 Å². The van der Waals surface area contributed by atoms with Crippen LogP contribution in [0.25, 0.3) is 0 Å². The summed E-state index contributed by atoms with van der Waals surface area (Å²) in [4.78, 5) is 11.8. The van der Waals surface area contributed by atoms with Gasteiger partial charge in [-0.1, -0.05) is 55.5 Å². The lowest BCUT2D eigenvalue weighted by atomic mass is 9.83. The topological polar surface area (TPSA) is 26.3 Å². The molecule has 0 radical (unpaired) electrons. The van der Waals surface area contributed by atoms with Crippen LogP contribution in [0.1, 0.15) is 41.5 Å². The van der Waals surface area contributed by atoms with Crippen LogP contribution in [0.15, 0.2) is 48.5 Å². The minimum Gasteiger partial charge on any atom is -0.469 e. The van der Waals surface area contributed by atoms with Crippen LogP contribution in [0.4, 0.5) is 0 Å². The zero-order chi connectivity index (χ0) is 16.1. The van der Waals surface area contributed by atoms with Crippen molar-refractivity contribution in [3.05, 3.63) is 70.8 Å². The standard InChI is InChI=1S/C20H24O2/c1-14-10-11-18(12-15(14)2)19(13-16(3)20(21)22-4)17-8-6-5-7-9-17/h5-12,16,19H,13H2,1-4H3/t16?,19-/m1/s1. The van der Waals surface area contributed by atoms with Gasteiger partial charge in [-0.05, 0) is 42.5 Å². The number of esters is 1. The van der Waals surface area contributed by atoms with E-state index in [1.165, 1.54) is 29.4 Å². The molecule has 22 heavy (non-hydrogen) atoms. The van der Waals surface area contributed by atoms with Gasteiger partial charge in [0.05, 0.1) is 13.0 Å². The van der Waals surface area contributed by atoms with E-state index in [1.54, 1.807) is 0 Å². The minimum absolute atomic E-state index is 0.128. The third-order valence-electron chi connectivity index (χ3n) is 4.33. The molecule has 0 aliphatic heterocycles. The zero-order valence-corrected chi connectivity index (χ0v) is 13.8. The molecule has 0 heterocycles. The summed E-state index contributed by atoms with van der Waals surface area (Å²) in [6.45, 7) is 6.18. The van der Waals surface area contributed by atoms with E-state index in [9.17, 15) is 4.79 Å². The first kappa shape index (κ1) is 16.3. The summed E-state index contributed by atoms with van der Waals surface area (Å²) in [6.07, 6.45) is 0.749. The normalized spacial score (nSPS) is 13.5. The minimum atomic E-state index is -0.148. The second-order valence-corrected chi connectivity index (χ2v) is 5.97. The monoisotopic (exact) mass is 296 g/mol. The molecule has 0 spiro atoms. The molecule has 2 heteroatoms. The number of benzene rings is 2. The summed E-state index contributed by atoms with van der Waals surface area (Å²) in [5.74, 6) is -0.0730. The van der Waals surface area contributed by atoms with E-state index < -0.39 is 0 Å². The smallest absolute Gasteiger partial charge is 0.308 e. The van der Waals surface area contributed by atoms with Crippen molar-refractivity contribution in [1.82, 2.24) is 0 Å². The second-order valence-electron chi connectivity index (χ2n) is 5.97. The molecular weight excluding hydrogens is 272 g/mol. The molecular formula is C20H24O2. The highest BCUT2D eigenvalue weighted by Gasteiger charge is 2.22. The largest absolute Gasteiger partial charge is 0.469 e. The van der Waals surface area contributed by atoms with Crippen molar-refractivity contribution in [1.29, 1.82) is 0 Å². The van der Waals surface area contributed by atoms with Gasteiger partial charge < -0.3 is 4.74 Å². The number of methoxy groups -OCH3 is 1. The maximum Gasteiger partial charge on any atom is 0.308 e. The van der Waals surface area contributed by atoms with Crippen molar-refractivity contribution in [2.75, 3.05) is 7.11 Å². The molecule has 1 unspecified atom stereocenters. The number of hydrogen-bond donors (Lipinski definition) is 0. The zero-order valence-electron chi connectivity index (χ0n) is 13.8. The van der Waals surface area contributed by atoms with Crippen molar-refractivity contribution < 1.29 is 9.53 Å². The van der Waals surface area contributed by atoms with Crippen molar-refractivity contribution in [3.63, 3.8) is 0 Å². The average Bonchev–Trinajstić information content (AvgIpc) is 2.55. The Hall–Kier alpha value is -2.09. The summed E-state index contributed by atoms with van der Waals surface area (Å²) in [5, 5.41) is 0. The van der Waals surface area contributed by atoms with Gasteiger partial charge >= 0.3 is 5.97 Å². The average molecular weight is 296 g/mol. The van der Waals surface area contributed by atoms with Gasteiger partial charge in [0.2, 0.25) is 0 Å². The van der Waals surface area contributed by atoms with Crippen LogP contribution in [0, 0.1) is 19.8 Å². The Morgan fingerprint density at radius 1 is 1.00 bits per heavy atom. The van der Waals surface area contributed by atoms with Crippen molar-refractivity contribution >= 4 is 5.97 Å². The first-order valence-electron chi connectivity index (χ1n) is 7.73. The Bertz CT molecular complexity index is 631. The number of hydrogen-bond acceptors (Lipinski definition) is 2. The van der Waals surface area contributed by atoms with Crippen LogP contribution in [-0.2, 0) is 9.53 Å². The van der Waals surface area contributed by atoms with Crippen LogP contribution in [0.2, 0.25) is 0 Å². The van der Waals surface area contributed by atoms with Crippen LogP contribution >= 0.6 is 0 Å². The highest BCUT2D eigenvalue weighted by molar-refractivity contribution is 5.72. The van der Waals surface area contributed by atoms with E-state index in [2.05, 4.69) is 44.2 Å². The summed E-state index contributed by atoms with van der Waals surface area (Å²) in [5.41, 5.74) is 5.06. The molecule has 0 bridgehead atoms. The molecule has 0 aromatic heterocycles. The molecule has 2 rings (SSSR count). The number of ether oxygens (including phenoxy) is 1. The third kappa shape index (κ3) is 3.76. The van der Waals surface area contributed by atoms with Gasteiger partial charge in [0.25, 0.3) is 0 Å². The molecule has 2 aromatic rings. The molecule has 0 aliphatic rings. The number of carbonyl (C=O) groups is 1. The second kappa shape index (κ2) is 7.26. The van der Waals surface area contributed by atoms with Gasteiger partial charge in [0.15, 0.2) is 0 Å². The Labute approximate surface area is 133 Å². The Kier molecular flexibility index (Phi) is 5.37. The maximum absolute atomic E-state index is 11.8. The number of rotatable bonds is 5. The molecule has 0 fully saturated rings. The quantitative estimate of drug-likeness (QED) is 0.752. The fourth-order valence-electron chi connectivity index (χ4n) is 2.78. The molecule has 116 valence electrons.